The van der Waals surface area contributed by atoms with Crippen LogP contribution >= 0.6 is 0 Å². The van der Waals surface area contributed by atoms with Crippen molar-refractivity contribution in [1.82, 2.24) is 5.32 Å². The highest BCUT2D eigenvalue weighted by atomic mass is 16.5. The van der Waals surface area contributed by atoms with E-state index in [2.05, 4.69) is 5.32 Å². The van der Waals surface area contributed by atoms with Crippen LogP contribution in [0, 0.1) is 0 Å². The Balaban J connectivity index is 2.71. The summed E-state index contributed by atoms with van der Waals surface area (Å²) in [6, 6.07) is 0. The van der Waals surface area contributed by atoms with Gasteiger partial charge in [0.25, 0.3) is 0 Å². The third-order valence-electron chi connectivity index (χ3n) is 3.28. The summed E-state index contributed by atoms with van der Waals surface area (Å²) in [6.45, 7) is 2.79. The second-order valence-corrected chi connectivity index (χ2v) is 4.59. The van der Waals surface area contributed by atoms with Crippen molar-refractivity contribution in [1.29, 1.82) is 0 Å². The Hall–Kier alpha value is -1.14. The van der Waals surface area contributed by atoms with Crippen LogP contribution in [-0.4, -0.2) is 48.9 Å². The minimum Gasteiger partial charge on any atom is -0.481 e. The van der Waals surface area contributed by atoms with E-state index in [9.17, 15) is 9.59 Å². The van der Waals surface area contributed by atoms with E-state index in [-0.39, 0.29) is 12.3 Å². The number of hydrogen-bond donors (Lipinski definition) is 2. The molecule has 0 radical (unpaired) electrons. The molecule has 1 amide bonds. The molecule has 0 aromatic heterocycles. The molecule has 0 aromatic rings. The minimum atomic E-state index is -0.914. The zero-order valence-corrected chi connectivity index (χ0v) is 10.9. The maximum Gasteiger partial charge on any atom is 0.305 e. The van der Waals surface area contributed by atoms with E-state index in [4.69, 9.17) is 14.6 Å². The van der Waals surface area contributed by atoms with E-state index in [1.807, 2.05) is 6.92 Å². The first-order chi connectivity index (χ1) is 8.53. The van der Waals surface area contributed by atoms with Crippen molar-refractivity contribution in [2.75, 3.05) is 20.3 Å². The monoisotopic (exact) mass is 259 g/mol. The standard InChI is InChI=1S/C12H21NO5/c1-3-9(17-2)11(16)13-12(8-10(14)15)4-6-18-7-5-12/h9H,3-8H2,1-2H3,(H,13,16)(H,14,15). The van der Waals surface area contributed by atoms with E-state index >= 15 is 0 Å². The molecule has 1 heterocycles. The zero-order valence-electron chi connectivity index (χ0n) is 10.9. The lowest BCUT2D eigenvalue weighted by Gasteiger charge is -2.37. The van der Waals surface area contributed by atoms with Gasteiger partial charge in [0.1, 0.15) is 6.10 Å². The quantitative estimate of drug-likeness (QED) is 0.727. The molecule has 0 aromatic carbocycles. The highest BCUT2D eigenvalue weighted by Gasteiger charge is 2.37. The van der Waals surface area contributed by atoms with Crippen molar-refractivity contribution in [2.45, 2.75) is 44.2 Å². The number of ether oxygens (including phenoxy) is 2. The molecule has 18 heavy (non-hydrogen) atoms. The molecule has 0 bridgehead atoms. The summed E-state index contributed by atoms with van der Waals surface area (Å²) in [7, 11) is 1.47. The van der Waals surface area contributed by atoms with E-state index in [1.54, 1.807) is 0 Å². The number of carboxylic acid groups (broad SMARTS) is 1. The van der Waals surface area contributed by atoms with Gasteiger partial charge in [-0.2, -0.15) is 0 Å². The van der Waals surface area contributed by atoms with Gasteiger partial charge >= 0.3 is 5.97 Å². The predicted molar refractivity (Wildman–Crippen MR) is 64.3 cm³/mol. The first kappa shape index (κ1) is 14.9. The first-order valence-electron chi connectivity index (χ1n) is 6.17. The van der Waals surface area contributed by atoms with Crippen molar-refractivity contribution in [3.8, 4) is 0 Å². The van der Waals surface area contributed by atoms with Crippen LogP contribution in [0.3, 0.4) is 0 Å². The van der Waals surface area contributed by atoms with Crippen LogP contribution in [0.4, 0.5) is 0 Å². The molecule has 1 aliphatic rings. The van der Waals surface area contributed by atoms with Crippen molar-refractivity contribution >= 4 is 11.9 Å². The third-order valence-corrected chi connectivity index (χ3v) is 3.28. The van der Waals surface area contributed by atoms with E-state index < -0.39 is 17.6 Å². The van der Waals surface area contributed by atoms with Crippen molar-refractivity contribution < 1.29 is 24.2 Å². The Labute approximate surface area is 107 Å². The lowest BCUT2D eigenvalue weighted by Crippen LogP contribution is -2.55. The molecule has 0 saturated carbocycles. The number of methoxy groups -OCH3 is 1. The largest absolute Gasteiger partial charge is 0.481 e. The van der Waals surface area contributed by atoms with Gasteiger partial charge in [0.05, 0.1) is 12.0 Å². The summed E-state index contributed by atoms with van der Waals surface area (Å²) < 4.78 is 10.3. The van der Waals surface area contributed by atoms with Gasteiger partial charge in [-0.1, -0.05) is 6.92 Å². The van der Waals surface area contributed by atoms with Crippen LogP contribution in [0.25, 0.3) is 0 Å². The first-order valence-corrected chi connectivity index (χ1v) is 6.17. The molecule has 1 unspecified atom stereocenters. The fourth-order valence-electron chi connectivity index (χ4n) is 2.20. The summed E-state index contributed by atoms with van der Waals surface area (Å²) in [5.74, 6) is -1.16. The van der Waals surface area contributed by atoms with Gasteiger partial charge in [-0.15, -0.1) is 0 Å². The van der Waals surface area contributed by atoms with Crippen LogP contribution in [0.2, 0.25) is 0 Å². The number of carbonyl (C=O) groups excluding carboxylic acids is 1. The highest BCUT2D eigenvalue weighted by molar-refractivity contribution is 5.82. The van der Waals surface area contributed by atoms with Crippen molar-refractivity contribution in [3.05, 3.63) is 0 Å². The fraction of sp³-hybridized carbons (Fsp3) is 0.833. The smallest absolute Gasteiger partial charge is 0.305 e. The van der Waals surface area contributed by atoms with Gasteiger partial charge < -0.3 is 19.9 Å². The Morgan fingerprint density at radius 3 is 2.50 bits per heavy atom. The Kier molecular flexibility index (Phi) is 5.55. The number of amides is 1. The molecule has 6 heteroatoms. The molecule has 0 aliphatic carbocycles. The normalized spacial score (nSPS) is 20.1. The molecule has 104 valence electrons. The van der Waals surface area contributed by atoms with Gasteiger partial charge in [0.15, 0.2) is 0 Å². The van der Waals surface area contributed by atoms with Gasteiger partial charge in [0.2, 0.25) is 5.91 Å². The van der Waals surface area contributed by atoms with Gasteiger partial charge in [-0.05, 0) is 19.3 Å². The predicted octanol–water partition coefficient (Wildman–Crippen LogP) is 0.551. The number of nitrogens with one attached hydrogen (secondary N) is 1. The lowest BCUT2D eigenvalue weighted by atomic mass is 9.86. The summed E-state index contributed by atoms with van der Waals surface area (Å²) in [5, 5.41) is 11.8. The average molecular weight is 259 g/mol. The average Bonchev–Trinajstić information content (AvgIpc) is 2.30. The van der Waals surface area contributed by atoms with E-state index in [0.717, 1.165) is 0 Å². The maximum atomic E-state index is 12.0. The zero-order chi connectivity index (χ0) is 13.6. The highest BCUT2D eigenvalue weighted by Crippen LogP contribution is 2.25. The van der Waals surface area contributed by atoms with Crippen molar-refractivity contribution in [2.24, 2.45) is 0 Å². The summed E-state index contributed by atoms with van der Waals surface area (Å²) >= 11 is 0. The molecule has 0 spiro atoms. The van der Waals surface area contributed by atoms with Crippen LogP contribution in [0.5, 0.6) is 0 Å². The van der Waals surface area contributed by atoms with E-state index in [1.165, 1.54) is 7.11 Å². The number of carboxylic acids is 1. The van der Waals surface area contributed by atoms with Gasteiger partial charge in [-0.25, -0.2) is 0 Å². The number of hydrogen-bond acceptors (Lipinski definition) is 4. The summed E-state index contributed by atoms with van der Waals surface area (Å²) in [5.41, 5.74) is -0.701. The van der Waals surface area contributed by atoms with Crippen LogP contribution < -0.4 is 5.32 Å². The van der Waals surface area contributed by atoms with E-state index in [0.29, 0.717) is 32.5 Å². The van der Waals surface area contributed by atoms with Crippen molar-refractivity contribution in [3.63, 3.8) is 0 Å². The fourth-order valence-corrected chi connectivity index (χ4v) is 2.20. The molecule has 6 nitrogen and oxygen atoms in total. The Morgan fingerprint density at radius 1 is 1.44 bits per heavy atom. The molecular formula is C12H21NO5. The number of rotatable bonds is 6. The number of aliphatic carboxylic acids is 1. The number of carbonyl (C=O) groups is 2. The van der Waals surface area contributed by atoms with Crippen LogP contribution in [0.1, 0.15) is 32.6 Å². The van der Waals surface area contributed by atoms with Crippen LogP contribution in [0.15, 0.2) is 0 Å². The summed E-state index contributed by atoms with van der Waals surface area (Å²) in [4.78, 5) is 22.9. The molecule has 1 atom stereocenters. The summed E-state index contributed by atoms with van der Waals surface area (Å²) in [6.07, 6.45) is 0.985. The molecule has 1 saturated heterocycles. The third kappa shape index (κ3) is 3.96. The Morgan fingerprint density at radius 2 is 2.06 bits per heavy atom. The second kappa shape index (κ2) is 6.70. The SMILES string of the molecule is CCC(OC)C(=O)NC1(CC(=O)O)CCOCC1. The maximum absolute atomic E-state index is 12.0. The molecule has 1 rings (SSSR count). The molecular weight excluding hydrogens is 238 g/mol. The minimum absolute atomic E-state index is 0.0811. The van der Waals surface area contributed by atoms with Gasteiger partial charge in [-0.3, -0.25) is 9.59 Å². The molecule has 1 aliphatic heterocycles. The van der Waals surface area contributed by atoms with Crippen LogP contribution in [-0.2, 0) is 19.1 Å². The van der Waals surface area contributed by atoms with Gasteiger partial charge in [0, 0.05) is 20.3 Å². The molecule has 2 N–H and O–H groups in total. The topological polar surface area (TPSA) is 84.9 Å². The second-order valence-electron chi connectivity index (χ2n) is 4.59. The lowest BCUT2D eigenvalue weighted by molar-refractivity contribution is -0.142. The Bertz CT molecular complexity index is 295. The molecule has 1 fully saturated rings.